The van der Waals surface area contributed by atoms with Crippen molar-refractivity contribution in [1.82, 2.24) is 10.3 Å². The summed E-state index contributed by atoms with van der Waals surface area (Å²) in [6.45, 7) is 3.55. The highest BCUT2D eigenvalue weighted by atomic mass is 16.5. The summed E-state index contributed by atoms with van der Waals surface area (Å²) in [7, 11) is 1.67. The lowest BCUT2D eigenvalue weighted by molar-refractivity contribution is 0.0694. The van der Waals surface area contributed by atoms with Gasteiger partial charge in [0.1, 0.15) is 5.75 Å². The van der Waals surface area contributed by atoms with Crippen molar-refractivity contribution in [3.8, 4) is 5.75 Å². The van der Waals surface area contributed by atoms with Crippen molar-refractivity contribution >= 4 is 0 Å². The van der Waals surface area contributed by atoms with Gasteiger partial charge in [-0.3, -0.25) is 4.98 Å². The van der Waals surface area contributed by atoms with Gasteiger partial charge in [0.05, 0.1) is 18.9 Å². The molecule has 1 saturated carbocycles. The van der Waals surface area contributed by atoms with Gasteiger partial charge in [0.25, 0.3) is 0 Å². The first kappa shape index (κ1) is 14.3. The Morgan fingerprint density at radius 3 is 2.89 bits per heavy atom. The van der Waals surface area contributed by atoms with Crippen LogP contribution in [0.25, 0.3) is 0 Å². The molecular formula is C15H24N2O2. The SMILES string of the molecule is COc1cc(C)nc(CNCC2CCCCC2O)c1. The highest BCUT2D eigenvalue weighted by Gasteiger charge is 2.22. The van der Waals surface area contributed by atoms with Crippen LogP contribution in [-0.2, 0) is 6.54 Å². The van der Waals surface area contributed by atoms with Crippen LogP contribution < -0.4 is 10.1 Å². The standard InChI is InChI=1S/C15H24N2O2/c1-11-7-14(19-2)8-13(17-11)10-16-9-12-5-3-4-6-15(12)18/h7-8,12,15-16,18H,3-6,9-10H2,1-2H3. The van der Waals surface area contributed by atoms with E-state index in [4.69, 9.17) is 4.74 Å². The fourth-order valence-corrected chi connectivity index (χ4v) is 2.72. The Hall–Kier alpha value is -1.13. The number of aliphatic hydroxyl groups is 1. The highest BCUT2D eigenvalue weighted by molar-refractivity contribution is 5.26. The van der Waals surface area contributed by atoms with Crippen molar-refractivity contribution in [2.45, 2.75) is 45.3 Å². The molecule has 1 aliphatic carbocycles. The van der Waals surface area contributed by atoms with E-state index in [1.807, 2.05) is 19.1 Å². The molecular weight excluding hydrogens is 240 g/mol. The number of ether oxygens (including phenoxy) is 1. The van der Waals surface area contributed by atoms with Crippen molar-refractivity contribution < 1.29 is 9.84 Å². The van der Waals surface area contributed by atoms with Gasteiger partial charge in [-0.15, -0.1) is 0 Å². The summed E-state index contributed by atoms with van der Waals surface area (Å²) in [5.74, 6) is 1.24. The molecule has 106 valence electrons. The fraction of sp³-hybridized carbons (Fsp3) is 0.667. The summed E-state index contributed by atoms with van der Waals surface area (Å²) in [4.78, 5) is 4.48. The highest BCUT2D eigenvalue weighted by Crippen LogP contribution is 2.23. The second-order valence-corrected chi connectivity index (χ2v) is 5.38. The summed E-state index contributed by atoms with van der Waals surface area (Å²) in [5, 5.41) is 13.3. The van der Waals surface area contributed by atoms with Gasteiger partial charge in [-0.2, -0.15) is 0 Å². The Kier molecular flexibility index (Phi) is 5.16. The second-order valence-electron chi connectivity index (χ2n) is 5.38. The molecule has 0 saturated heterocycles. The number of rotatable bonds is 5. The summed E-state index contributed by atoms with van der Waals surface area (Å²) < 4.78 is 5.24. The Balaban J connectivity index is 1.83. The lowest BCUT2D eigenvalue weighted by Gasteiger charge is -2.27. The van der Waals surface area contributed by atoms with E-state index in [-0.39, 0.29) is 6.10 Å². The number of aryl methyl sites for hydroxylation is 1. The molecule has 1 aromatic rings. The normalized spacial score (nSPS) is 23.3. The van der Waals surface area contributed by atoms with Gasteiger partial charge in [-0.05, 0) is 25.7 Å². The smallest absolute Gasteiger partial charge is 0.122 e. The van der Waals surface area contributed by atoms with Crippen LogP contribution in [0, 0.1) is 12.8 Å². The molecule has 0 bridgehead atoms. The second kappa shape index (κ2) is 6.87. The Labute approximate surface area is 115 Å². The van der Waals surface area contributed by atoms with E-state index < -0.39 is 0 Å². The van der Waals surface area contributed by atoms with Gasteiger partial charge in [0.2, 0.25) is 0 Å². The molecule has 4 nitrogen and oxygen atoms in total. The van der Waals surface area contributed by atoms with E-state index in [0.717, 1.165) is 49.5 Å². The van der Waals surface area contributed by atoms with E-state index in [0.29, 0.717) is 5.92 Å². The number of nitrogens with zero attached hydrogens (tertiary/aromatic N) is 1. The minimum atomic E-state index is -0.138. The van der Waals surface area contributed by atoms with Gasteiger partial charge in [0.15, 0.2) is 0 Å². The monoisotopic (exact) mass is 264 g/mol. The third-order valence-electron chi connectivity index (χ3n) is 3.80. The first-order valence-corrected chi connectivity index (χ1v) is 7.09. The van der Waals surface area contributed by atoms with Crippen LogP contribution in [0.3, 0.4) is 0 Å². The zero-order chi connectivity index (χ0) is 13.7. The van der Waals surface area contributed by atoms with Crippen LogP contribution in [0.5, 0.6) is 5.75 Å². The number of nitrogens with one attached hydrogen (secondary N) is 1. The maximum atomic E-state index is 9.92. The Morgan fingerprint density at radius 2 is 2.16 bits per heavy atom. The number of aromatic nitrogens is 1. The predicted octanol–water partition coefficient (Wildman–Crippen LogP) is 2.04. The average molecular weight is 264 g/mol. The summed E-state index contributed by atoms with van der Waals surface area (Å²) in [6, 6.07) is 3.88. The minimum Gasteiger partial charge on any atom is -0.497 e. The molecule has 2 N–H and O–H groups in total. The van der Waals surface area contributed by atoms with Gasteiger partial charge in [-0.25, -0.2) is 0 Å². The lowest BCUT2D eigenvalue weighted by Crippen LogP contribution is -2.33. The van der Waals surface area contributed by atoms with Crippen molar-refractivity contribution in [2.24, 2.45) is 5.92 Å². The molecule has 0 radical (unpaired) electrons. The van der Waals surface area contributed by atoms with Crippen LogP contribution >= 0.6 is 0 Å². The van der Waals surface area contributed by atoms with Crippen LogP contribution in [-0.4, -0.2) is 29.8 Å². The summed E-state index contributed by atoms with van der Waals surface area (Å²) >= 11 is 0. The number of aliphatic hydroxyl groups excluding tert-OH is 1. The molecule has 0 aliphatic heterocycles. The van der Waals surface area contributed by atoms with E-state index in [1.165, 1.54) is 6.42 Å². The van der Waals surface area contributed by atoms with Crippen molar-refractivity contribution in [3.05, 3.63) is 23.5 Å². The van der Waals surface area contributed by atoms with Crippen LogP contribution in [0.1, 0.15) is 37.1 Å². The maximum Gasteiger partial charge on any atom is 0.122 e. The molecule has 2 unspecified atom stereocenters. The average Bonchev–Trinajstić information content (AvgIpc) is 2.40. The van der Waals surface area contributed by atoms with Crippen molar-refractivity contribution in [3.63, 3.8) is 0 Å². The summed E-state index contributed by atoms with van der Waals surface area (Å²) in [5.41, 5.74) is 1.95. The summed E-state index contributed by atoms with van der Waals surface area (Å²) in [6.07, 6.45) is 4.33. The van der Waals surface area contributed by atoms with Crippen LogP contribution in [0.4, 0.5) is 0 Å². The maximum absolute atomic E-state index is 9.92. The first-order chi connectivity index (χ1) is 9.19. The topological polar surface area (TPSA) is 54.4 Å². The third-order valence-corrected chi connectivity index (χ3v) is 3.80. The number of hydrogen-bond donors (Lipinski definition) is 2. The zero-order valence-corrected chi connectivity index (χ0v) is 11.9. The van der Waals surface area contributed by atoms with E-state index in [9.17, 15) is 5.11 Å². The minimum absolute atomic E-state index is 0.138. The molecule has 19 heavy (non-hydrogen) atoms. The molecule has 1 heterocycles. The first-order valence-electron chi connectivity index (χ1n) is 7.09. The number of pyridine rings is 1. The third kappa shape index (κ3) is 4.18. The Morgan fingerprint density at radius 1 is 1.37 bits per heavy atom. The molecule has 0 amide bonds. The van der Waals surface area contributed by atoms with Gasteiger partial charge in [0, 0.05) is 30.9 Å². The number of methoxy groups -OCH3 is 1. The lowest BCUT2D eigenvalue weighted by atomic mass is 9.86. The van der Waals surface area contributed by atoms with E-state index in [1.54, 1.807) is 7.11 Å². The molecule has 0 aromatic carbocycles. The van der Waals surface area contributed by atoms with Gasteiger partial charge >= 0.3 is 0 Å². The van der Waals surface area contributed by atoms with Crippen molar-refractivity contribution in [1.29, 1.82) is 0 Å². The van der Waals surface area contributed by atoms with E-state index >= 15 is 0 Å². The zero-order valence-electron chi connectivity index (χ0n) is 11.9. The molecule has 1 aromatic heterocycles. The largest absolute Gasteiger partial charge is 0.497 e. The molecule has 2 atom stereocenters. The molecule has 4 heteroatoms. The van der Waals surface area contributed by atoms with Crippen LogP contribution in [0.15, 0.2) is 12.1 Å². The number of hydrogen-bond acceptors (Lipinski definition) is 4. The molecule has 2 rings (SSSR count). The molecule has 1 fully saturated rings. The quantitative estimate of drug-likeness (QED) is 0.854. The molecule has 0 spiro atoms. The van der Waals surface area contributed by atoms with Crippen LogP contribution in [0.2, 0.25) is 0 Å². The fourth-order valence-electron chi connectivity index (χ4n) is 2.72. The van der Waals surface area contributed by atoms with Gasteiger partial charge < -0.3 is 15.2 Å². The molecule has 1 aliphatic rings. The van der Waals surface area contributed by atoms with Crippen molar-refractivity contribution in [2.75, 3.05) is 13.7 Å². The van der Waals surface area contributed by atoms with E-state index in [2.05, 4.69) is 10.3 Å². The van der Waals surface area contributed by atoms with Gasteiger partial charge in [-0.1, -0.05) is 12.8 Å². The Bertz CT molecular complexity index is 409. The predicted molar refractivity (Wildman–Crippen MR) is 75.2 cm³/mol.